The van der Waals surface area contributed by atoms with Crippen molar-refractivity contribution in [3.8, 4) is 0 Å². The molecule has 3 rings (SSSR count). The van der Waals surface area contributed by atoms with Crippen LogP contribution in [0.1, 0.15) is 22.5 Å². The number of piperidine rings is 1. The van der Waals surface area contributed by atoms with Crippen LogP contribution in [0.5, 0.6) is 0 Å². The van der Waals surface area contributed by atoms with E-state index in [4.69, 9.17) is 0 Å². The Balaban J connectivity index is 1.45. The van der Waals surface area contributed by atoms with Gasteiger partial charge in [0.05, 0.1) is 4.88 Å². The van der Waals surface area contributed by atoms with Crippen molar-refractivity contribution in [2.24, 2.45) is 5.92 Å². The molecule has 0 saturated carbocycles. The Kier molecular flexibility index (Phi) is 4.50. The Bertz CT molecular complexity index is 562. The fourth-order valence-corrected chi connectivity index (χ4v) is 3.28. The van der Waals surface area contributed by atoms with Crippen LogP contribution in [0.4, 0.5) is 5.82 Å². The lowest BCUT2D eigenvalue weighted by Crippen LogP contribution is -2.38. The number of pyridine rings is 1. The van der Waals surface area contributed by atoms with Crippen LogP contribution < -0.4 is 10.2 Å². The number of hydrogen-bond donors (Lipinski definition) is 1. The maximum absolute atomic E-state index is 11.9. The summed E-state index contributed by atoms with van der Waals surface area (Å²) < 4.78 is 0. The lowest BCUT2D eigenvalue weighted by atomic mass is 9.97. The van der Waals surface area contributed by atoms with E-state index in [1.54, 1.807) is 0 Å². The summed E-state index contributed by atoms with van der Waals surface area (Å²) in [5, 5.41) is 4.98. The van der Waals surface area contributed by atoms with Crippen LogP contribution in [0.25, 0.3) is 0 Å². The van der Waals surface area contributed by atoms with Gasteiger partial charge in [0, 0.05) is 25.8 Å². The summed E-state index contributed by atoms with van der Waals surface area (Å²) in [6, 6.07) is 9.79. The molecule has 1 fully saturated rings. The third kappa shape index (κ3) is 3.61. The van der Waals surface area contributed by atoms with E-state index in [1.807, 2.05) is 35.8 Å². The number of amides is 1. The molecule has 0 atom stereocenters. The van der Waals surface area contributed by atoms with Crippen molar-refractivity contribution < 1.29 is 4.79 Å². The molecule has 5 heteroatoms. The highest BCUT2D eigenvalue weighted by Gasteiger charge is 2.20. The van der Waals surface area contributed by atoms with Crippen LogP contribution >= 0.6 is 11.3 Å². The Morgan fingerprint density at radius 1 is 1.29 bits per heavy atom. The standard InChI is InChI=1S/C16H19N3OS/c20-16(14-4-3-11-21-14)18-12-13-6-9-19(10-7-13)15-5-1-2-8-17-15/h1-5,8,11,13H,6-7,9-10,12H2,(H,18,20). The molecule has 1 N–H and O–H groups in total. The predicted octanol–water partition coefficient (Wildman–Crippen LogP) is 2.79. The second-order valence-corrected chi connectivity index (χ2v) is 6.25. The van der Waals surface area contributed by atoms with Gasteiger partial charge in [-0.2, -0.15) is 0 Å². The van der Waals surface area contributed by atoms with Gasteiger partial charge in [0.15, 0.2) is 0 Å². The van der Waals surface area contributed by atoms with Crippen LogP contribution in [0, 0.1) is 5.92 Å². The van der Waals surface area contributed by atoms with E-state index < -0.39 is 0 Å². The van der Waals surface area contributed by atoms with Crippen molar-refractivity contribution in [3.63, 3.8) is 0 Å². The average Bonchev–Trinajstić information content (AvgIpc) is 3.08. The minimum atomic E-state index is 0.0529. The van der Waals surface area contributed by atoms with E-state index in [0.29, 0.717) is 5.92 Å². The van der Waals surface area contributed by atoms with E-state index in [1.165, 1.54) is 11.3 Å². The molecule has 4 nitrogen and oxygen atoms in total. The van der Waals surface area contributed by atoms with Gasteiger partial charge in [-0.25, -0.2) is 4.98 Å². The Hall–Kier alpha value is -1.88. The number of rotatable bonds is 4. The normalized spacial score (nSPS) is 15.9. The summed E-state index contributed by atoms with van der Waals surface area (Å²) in [6.07, 6.45) is 4.03. The smallest absolute Gasteiger partial charge is 0.261 e. The first-order valence-electron chi connectivity index (χ1n) is 7.30. The van der Waals surface area contributed by atoms with E-state index >= 15 is 0 Å². The zero-order valence-corrected chi connectivity index (χ0v) is 12.7. The summed E-state index contributed by atoms with van der Waals surface area (Å²) in [7, 11) is 0. The van der Waals surface area contributed by atoms with Crippen molar-refractivity contribution in [3.05, 3.63) is 46.8 Å². The third-order valence-electron chi connectivity index (χ3n) is 3.88. The van der Waals surface area contributed by atoms with E-state index in [0.717, 1.165) is 43.2 Å². The van der Waals surface area contributed by atoms with Crippen LogP contribution in [-0.2, 0) is 0 Å². The fraction of sp³-hybridized carbons (Fsp3) is 0.375. The molecule has 1 aliphatic rings. The number of nitrogens with one attached hydrogen (secondary N) is 1. The first kappa shape index (κ1) is 14.1. The first-order chi connectivity index (χ1) is 10.3. The molecule has 3 heterocycles. The van der Waals surface area contributed by atoms with Crippen LogP contribution in [0.2, 0.25) is 0 Å². The minimum absolute atomic E-state index is 0.0529. The molecular weight excluding hydrogens is 282 g/mol. The molecule has 2 aromatic heterocycles. The van der Waals surface area contributed by atoms with Crippen LogP contribution in [-0.4, -0.2) is 30.5 Å². The van der Waals surface area contributed by atoms with Gasteiger partial charge >= 0.3 is 0 Å². The van der Waals surface area contributed by atoms with Crippen molar-refractivity contribution >= 4 is 23.1 Å². The summed E-state index contributed by atoms with van der Waals surface area (Å²) in [5.41, 5.74) is 0. The number of carbonyl (C=O) groups is 1. The SMILES string of the molecule is O=C(NCC1CCN(c2ccccn2)CC1)c1cccs1. The molecule has 0 bridgehead atoms. The van der Waals surface area contributed by atoms with Crippen molar-refractivity contribution in [1.82, 2.24) is 10.3 Å². The molecule has 0 radical (unpaired) electrons. The lowest BCUT2D eigenvalue weighted by Gasteiger charge is -2.32. The van der Waals surface area contributed by atoms with Crippen molar-refractivity contribution in [1.29, 1.82) is 0 Å². The Morgan fingerprint density at radius 3 is 2.81 bits per heavy atom. The Morgan fingerprint density at radius 2 is 2.14 bits per heavy atom. The number of thiophene rings is 1. The zero-order chi connectivity index (χ0) is 14.5. The number of nitrogens with zero attached hydrogens (tertiary/aromatic N) is 2. The Labute approximate surface area is 128 Å². The highest BCUT2D eigenvalue weighted by molar-refractivity contribution is 7.12. The molecule has 1 aliphatic heterocycles. The zero-order valence-electron chi connectivity index (χ0n) is 11.9. The highest BCUT2D eigenvalue weighted by atomic mass is 32.1. The molecular formula is C16H19N3OS. The van der Waals surface area contributed by atoms with Gasteiger partial charge in [-0.05, 0) is 42.3 Å². The number of carbonyl (C=O) groups excluding carboxylic acids is 1. The van der Waals surface area contributed by atoms with Gasteiger partial charge in [-0.1, -0.05) is 12.1 Å². The summed E-state index contributed by atoms with van der Waals surface area (Å²) >= 11 is 1.49. The van der Waals surface area contributed by atoms with Crippen LogP contribution in [0.3, 0.4) is 0 Å². The molecule has 21 heavy (non-hydrogen) atoms. The second kappa shape index (κ2) is 6.72. The summed E-state index contributed by atoms with van der Waals surface area (Å²) in [4.78, 5) is 19.4. The van der Waals surface area contributed by atoms with Crippen molar-refractivity contribution in [2.75, 3.05) is 24.5 Å². The quantitative estimate of drug-likeness (QED) is 0.944. The monoisotopic (exact) mass is 301 g/mol. The second-order valence-electron chi connectivity index (χ2n) is 5.31. The molecule has 1 saturated heterocycles. The predicted molar refractivity (Wildman–Crippen MR) is 85.8 cm³/mol. The van der Waals surface area contributed by atoms with Crippen molar-refractivity contribution in [2.45, 2.75) is 12.8 Å². The maximum atomic E-state index is 11.9. The molecule has 2 aromatic rings. The van der Waals surface area contributed by atoms with E-state index in [2.05, 4.69) is 21.3 Å². The molecule has 1 amide bonds. The first-order valence-corrected chi connectivity index (χ1v) is 8.18. The fourth-order valence-electron chi connectivity index (χ4n) is 2.64. The summed E-state index contributed by atoms with van der Waals surface area (Å²) in [5.74, 6) is 1.67. The molecule has 0 spiro atoms. The van der Waals surface area contributed by atoms with Gasteiger partial charge in [-0.3, -0.25) is 4.79 Å². The number of hydrogen-bond acceptors (Lipinski definition) is 4. The number of aromatic nitrogens is 1. The maximum Gasteiger partial charge on any atom is 0.261 e. The topological polar surface area (TPSA) is 45.2 Å². The molecule has 0 aromatic carbocycles. The van der Waals surface area contributed by atoms with Gasteiger partial charge in [0.2, 0.25) is 0 Å². The third-order valence-corrected chi connectivity index (χ3v) is 4.75. The van der Waals surface area contributed by atoms with E-state index in [9.17, 15) is 4.79 Å². The molecule has 110 valence electrons. The van der Waals surface area contributed by atoms with Crippen LogP contribution in [0.15, 0.2) is 41.9 Å². The molecule has 0 aliphatic carbocycles. The average molecular weight is 301 g/mol. The number of anilines is 1. The highest BCUT2D eigenvalue weighted by Crippen LogP contribution is 2.21. The van der Waals surface area contributed by atoms with Gasteiger partial charge in [0.25, 0.3) is 5.91 Å². The lowest BCUT2D eigenvalue weighted by molar-refractivity contribution is 0.0949. The largest absolute Gasteiger partial charge is 0.357 e. The van der Waals surface area contributed by atoms with E-state index in [-0.39, 0.29) is 5.91 Å². The minimum Gasteiger partial charge on any atom is -0.357 e. The van der Waals surface area contributed by atoms with Gasteiger partial charge in [-0.15, -0.1) is 11.3 Å². The molecule has 0 unspecified atom stereocenters. The summed E-state index contributed by atoms with van der Waals surface area (Å²) in [6.45, 7) is 2.79. The van der Waals surface area contributed by atoms with Gasteiger partial charge < -0.3 is 10.2 Å². The van der Waals surface area contributed by atoms with Gasteiger partial charge in [0.1, 0.15) is 5.82 Å².